The highest BCUT2D eigenvalue weighted by atomic mass is 19.2. The fourth-order valence-electron chi connectivity index (χ4n) is 1.38. The Morgan fingerprint density at radius 2 is 1.94 bits per heavy atom. The summed E-state index contributed by atoms with van der Waals surface area (Å²) in [4.78, 5) is 3.96. The number of pyridine rings is 1. The van der Waals surface area contributed by atoms with Gasteiger partial charge in [0.1, 0.15) is 0 Å². The number of aliphatic hydroxyl groups is 1. The molecule has 16 heavy (non-hydrogen) atoms. The average molecular weight is 221 g/mol. The highest BCUT2D eigenvalue weighted by Gasteiger charge is 2.10. The Morgan fingerprint density at radius 1 is 1.12 bits per heavy atom. The third-order valence-electron chi connectivity index (χ3n) is 2.23. The van der Waals surface area contributed by atoms with Gasteiger partial charge in [0.15, 0.2) is 11.6 Å². The molecule has 0 spiro atoms. The number of halogens is 2. The Kier molecular flexibility index (Phi) is 2.92. The van der Waals surface area contributed by atoms with Crippen LogP contribution in [0.2, 0.25) is 0 Å². The lowest BCUT2D eigenvalue weighted by Gasteiger charge is -2.03. The lowest BCUT2D eigenvalue weighted by atomic mass is 10.1. The molecule has 0 saturated heterocycles. The molecule has 0 unspecified atom stereocenters. The van der Waals surface area contributed by atoms with Gasteiger partial charge >= 0.3 is 0 Å². The molecule has 1 N–H and O–H groups in total. The Labute approximate surface area is 91.2 Å². The van der Waals surface area contributed by atoms with Crippen molar-refractivity contribution in [3.63, 3.8) is 0 Å². The maximum absolute atomic E-state index is 13.4. The fourth-order valence-corrected chi connectivity index (χ4v) is 1.38. The third kappa shape index (κ3) is 1.92. The van der Waals surface area contributed by atoms with Crippen molar-refractivity contribution in [3.05, 3.63) is 53.7 Å². The molecular weight excluding hydrogens is 212 g/mol. The summed E-state index contributed by atoms with van der Waals surface area (Å²) in [5.41, 5.74) is 1.08. The van der Waals surface area contributed by atoms with Crippen molar-refractivity contribution in [1.29, 1.82) is 0 Å². The van der Waals surface area contributed by atoms with E-state index in [1.807, 2.05) is 0 Å². The quantitative estimate of drug-likeness (QED) is 0.845. The number of benzene rings is 1. The minimum atomic E-state index is -0.910. The van der Waals surface area contributed by atoms with Gasteiger partial charge in [-0.3, -0.25) is 4.98 Å². The lowest BCUT2D eigenvalue weighted by Crippen LogP contribution is -1.92. The Balaban J connectivity index is 2.46. The lowest BCUT2D eigenvalue weighted by molar-refractivity contribution is 0.281. The minimum Gasteiger partial charge on any atom is -0.392 e. The highest BCUT2D eigenvalue weighted by Crippen LogP contribution is 2.22. The smallest absolute Gasteiger partial charge is 0.168 e. The highest BCUT2D eigenvalue weighted by molar-refractivity contribution is 5.59. The molecule has 0 saturated carbocycles. The monoisotopic (exact) mass is 221 g/mol. The molecule has 0 radical (unpaired) electrons. The second-order valence-corrected chi connectivity index (χ2v) is 3.31. The number of aromatic nitrogens is 1. The molecule has 0 atom stereocenters. The molecule has 2 nitrogen and oxygen atoms in total. The molecule has 4 heteroatoms. The van der Waals surface area contributed by atoms with Crippen LogP contribution >= 0.6 is 0 Å². The molecule has 0 aliphatic heterocycles. The van der Waals surface area contributed by atoms with Crippen LogP contribution in [-0.2, 0) is 6.61 Å². The summed E-state index contributed by atoms with van der Waals surface area (Å²) in [6.07, 6.45) is 1.43. The van der Waals surface area contributed by atoms with E-state index in [0.717, 1.165) is 6.07 Å². The van der Waals surface area contributed by atoms with Crippen molar-refractivity contribution in [2.45, 2.75) is 6.61 Å². The molecule has 0 fully saturated rings. The van der Waals surface area contributed by atoms with Gasteiger partial charge in [0.25, 0.3) is 0 Å². The van der Waals surface area contributed by atoms with E-state index in [9.17, 15) is 8.78 Å². The van der Waals surface area contributed by atoms with E-state index in [1.165, 1.54) is 18.3 Å². The molecule has 82 valence electrons. The molecule has 1 aromatic heterocycles. The van der Waals surface area contributed by atoms with E-state index in [4.69, 9.17) is 5.11 Å². The molecule has 1 heterocycles. The van der Waals surface area contributed by atoms with Gasteiger partial charge in [-0.2, -0.15) is 0 Å². The van der Waals surface area contributed by atoms with E-state index >= 15 is 0 Å². The van der Waals surface area contributed by atoms with Crippen LogP contribution in [0, 0.1) is 11.6 Å². The van der Waals surface area contributed by atoms with Gasteiger partial charge in [-0.25, -0.2) is 8.78 Å². The molecular formula is C12H9F2NO. The second kappa shape index (κ2) is 4.37. The average Bonchev–Trinajstić information content (AvgIpc) is 2.33. The molecule has 0 aliphatic carbocycles. The largest absolute Gasteiger partial charge is 0.392 e. The van der Waals surface area contributed by atoms with Gasteiger partial charge in [-0.1, -0.05) is 12.1 Å². The number of rotatable bonds is 2. The standard InChI is InChI=1S/C12H9F2NO/c13-10-3-1-2-9(12(10)14)11-5-4-8(7-16)6-15-11/h1-6,16H,7H2. The number of hydrogen-bond acceptors (Lipinski definition) is 2. The van der Waals surface area contributed by atoms with Gasteiger partial charge in [0.05, 0.1) is 12.3 Å². The fraction of sp³-hybridized carbons (Fsp3) is 0.0833. The van der Waals surface area contributed by atoms with Crippen LogP contribution in [0.5, 0.6) is 0 Å². The van der Waals surface area contributed by atoms with E-state index in [2.05, 4.69) is 4.98 Å². The first-order valence-electron chi connectivity index (χ1n) is 4.72. The van der Waals surface area contributed by atoms with Crippen molar-refractivity contribution in [2.24, 2.45) is 0 Å². The van der Waals surface area contributed by atoms with Crippen LogP contribution in [0.4, 0.5) is 8.78 Å². The van der Waals surface area contributed by atoms with Gasteiger partial charge in [0, 0.05) is 11.8 Å². The molecule has 2 rings (SSSR count). The molecule has 0 aliphatic rings. The second-order valence-electron chi connectivity index (χ2n) is 3.31. The summed E-state index contributed by atoms with van der Waals surface area (Å²) in [7, 11) is 0. The number of hydrogen-bond donors (Lipinski definition) is 1. The van der Waals surface area contributed by atoms with E-state index in [-0.39, 0.29) is 12.2 Å². The first-order chi connectivity index (χ1) is 7.72. The van der Waals surface area contributed by atoms with E-state index in [1.54, 1.807) is 12.1 Å². The molecule has 0 bridgehead atoms. The van der Waals surface area contributed by atoms with E-state index < -0.39 is 11.6 Å². The van der Waals surface area contributed by atoms with Gasteiger partial charge in [0.2, 0.25) is 0 Å². The predicted molar refractivity (Wildman–Crippen MR) is 55.5 cm³/mol. The number of nitrogens with zero attached hydrogens (tertiary/aromatic N) is 1. The summed E-state index contributed by atoms with van der Waals surface area (Å²) >= 11 is 0. The summed E-state index contributed by atoms with van der Waals surface area (Å²) in [6, 6.07) is 7.10. The van der Waals surface area contributed by atoms with Crippen molar-refractivity contribution < 1.29 is 13.9 Å². The summed E-state index contributed by atoms with van der Waals surface area (Å²) < 4.78 is 26.4. The van der Waals surface area contributed by atoms with E-state index in [0.29, 0.717) is 11.3 Å². The van der Waals surface area contributed by atoms with Crippen molar-refractivity contribution in [1.82, 2.24) is 4.98 Å². The van der Waals surface area contributed by atoms with Crippen molar-refractivity contribution in [2.75, 3.05) is 0 Å². The van der Waals surface area contributed by atoms with Gasteiger partial charge in [-0.05, 0) is 23.8 Å². The maximum Gasteiger partial charge on any atom is 0.168 e. The third-order valence-corrected chi connectivity index (χ3v) is 2.23. The normalized spacial score (nSPS) is 10.4. The molecule has 2 aromatic rings. The van der Waals surface area contributed by atoms with Crippen molar-refractivity contribution in [3.8, 4) is 11.3 Å². The van der Waals surface area contributed by atoms with Crippen LogP contribution in [0.15, 0.2) is 36.5 Å². The number of aliphatic hydroxyl groups excluding tert-OH is 1. The van der Waals surface area contributed by atoms with Crippen LogP contribution in [0.25, 0.3) is 11.3 Å². The molecule has 0 amide bonds. The zero-order valence-corrected chi connectivity index (χ0v) is 8.32. The maximum atomic E-state index is 13.4. The SMILES string of the molecule is OCc1ccc(-c2cccc(F)c2F)nc1. The van der Waals surface area contributed by atoms with Gasteiger partial charge < -0.3 is 5.11 Å². The first kappa shape index (κ1) is 10.7. The Morgan fingerprint density at radius 3 is 2.56 bits per heavy atom. The zero-order chi connectivity index (χ0) is 11.5. The first-order valence-corrected chi connectivity index (χ1v) is 4.72. The van der Waals surface area contributed by atoms with Crippen LogP contribution in [0.1, 0.15) is 5.56 Å². The summed E-state index contributed by atoms with van der Waals surface area (Å²) in [5.74, 6) is -1.81. The van der Waals surface area contributed by atoms with Gasteiger partial charge in [-0.15, -0.1) is 0 Å². The topological polar surface area (TPSA) is 33.1 Å². The van der Waals surface area contributed by atoms with Crippen LogP contribution in [0.3, 0.4) is 0 Å². The van der Waals surface area contributed by atoms with Crippen LogP contribution < -0.4 is 0 Å². The predicted octanol–water partition coefficient (Wildman–Crippen LogP) is 2.52. The molecule has 1 aromatic carbocycles. The Bertz CT molecular complexity index is 497. The minimum absolute atomic E-state index is 0.115. The van der Waals surface area contributed by atoms with Crippen LogP contribution in [-0.4, -0.2) is 10.1 Å². The summed E-state index contributed by atoms with van der Waals surface area (Å²) in [6.45, 7) is -0.126. The summed E-state index contributed by atoms with van der Waals surface area (Å²) in [5, 5.41) is 8.82. The Hall–Kier alpha value is -1.81. The van der Waals surface area contributed by atoms with Crippen molar-refractivity contribution >= 4 is 0 Å². The zero-order valence-electron chi connectivity index (χ0n) is 8.32.